The van der Waals surface area contributed by atoms with Gasteiger partial charge in [0.25, 0.3) is 0 Å². The van der Waals surface area contributed by atoms with Crippen molar-refractivity contribution in [2.45, 2.75) is 0 Å². The minimum atomic E-state index is 0.602. The van der Waals surface area contributed by atoms with Crippen LogP contribution in [0.2, 0.25) is 0 Å². The van der Waals surface area contributed by atoms with E-state index in [9.17, 15) is 0 Å². The Kier molecular flexibility index (Phi) is 17.0. The Bertz CT molecular complexity index is 4600. The van der Waals surface area contributed by atoms with Crippen molar-refractivity contribution in [1.82, 2.24) is 59.8 Å². The molecule has 0 aliphatic heterocycles. The smallest absolute Gasteiger partial charge is 0.164 e. The zero-order valence-corrected chi connectivity index (χ0v) is 51.7. The van der Waals surface area contributed by atoms with Gasteiger partial charge in [0.15, 0.2) is 40.8 Å². The topological polar surface area (TPSA) is 155 Å². The van der Waals surface area contributed by atoms with E-state index in [2.05, 4.69) is 163 Å². The van der Waals surface area contributed by atoms with Gasteiger partial charge in [-0.25, -0.2) is 39.9 Å². The van der Waals surface area contributed by atoms with Gasteiger partial charge < -0.3 is 0 Å². The molecule has 0 amide bonds. The molecule has 0 atom stereocenters. The molecule has 0 saturated heterocycles. The van der Waals surface area contributed by atoms with Crippen LogP contribution in [-0.4, -0.2) is 59.8 Å². The lowest BCUT2D eigenvalue weighted by molar-refractivity contribution is 1.07. The van der Waals surface area contributed by atoms with Gasteiger partial charge in [-0.1, -0.05) is 231 Å². The number of hydrogen-bond donors (Lipinski definition) is 0. The second-order valence-corrected chi connectivity index (χ2v) is 22.6. The first-order chi connectivity index (χ1) is 47.5. The normalized spacial score (nSPS) is 10.9. The molecule has 0 unspecified atom stereocenters. The van der Waals surface area contributed by atoms with Crippen molar-refractivity contribution in [3.63, 3.8) is 0 Å². The van der Waals surface area contributed by atoms with Gasteiger partial charge in [0.1, 0.15) is 0 Å². The number of rotatable bonds is 14. The summed E-state index contributed by atoms with van der Waals surface area (Å²) in [6.45, 7) is 0. The van der Waals surface area contributed by atoms with Crippen molar-refractivity contribution in [3.05, 3.63) is 341 Å². The molecule has 0 radical (unpaired) electrons. The average Bonchev–Trinajstić information content (AvgIpc) is 0.821. The molecule has 0 bridgehead atoms. The van der Waals surface area contributed by atoms with E-state index < -0.39 is 0 Å². The van der Waals surface area contributed by atoms with E-state index >= 15 is 0 Å². The zero-order chi connectivity index (χ0) is 64.2. The molecule has 0 fully saturated rings. The minimum Gasteiger partial charge on any atom is -0.261 e. The number of aromatic nitrogens is 12. The van der Waals surface area contributed by atoms with Crippen LogP contribution in [0.3, 0.4) is 0 Å². The first-order valence-corrected chi connectivity index (χ1v) is 31.4. The fourth-order valence-corrected chi connectivity index (χ4v) is 11.3. The minimum absolute atomic E-state index is 0.602. The lowest BCUT2D eigenvalue weighted by Gasteiger charge is -2.13. The van der Waals surface area contributed by atoms with Crippen molar-refractivity contribution in [2.24, 2.45) is 0 Å². The lowest BCUT2D eigenvalue weighted by Crippen LogP contribution is -2.00. The van der Waals surface area contributed by atoms with Crippen LogP contribution < -0.4 is 0 Å². The summed E-state index contributed by atoms with van der Waals surface area (Å²) in [5, 5.41) is 0. The van der Waals surface area contributed by atoms with Crippen molar-refractivity contribution in [1.29, 1.82) is 0 Å². The number of hydrogen-bond acceptors (Lipinski definition) is 12. The lowest BCUT2D eigenvalue weighted by atomic mass is 9.94. The maximum atomic E-state index is 5.03. The Morgan fingerprint density at radius 2 is 0.406 bits per heavy atom. The molecule has 6 heterocycles. The molecule has 0 saturated carbocycles. The maximum Gasteiger partial charge on any atom is 0.164 e. The van der Waals surface area contributed by atoms with Crippen LogP contribution in [0.5, 0.6) is 0 Å². The molecule has 0 spiro atoms. The molecule has 96 heavy (non-hydrogen) atoms. The molecule has 0 aliphatic carbocycles. The molecule has 452 valence electrons. The van der Waals surface area contributed by atoms with E-state index in [4.69, 9.17) is 29.9 Å². The van der Waals surface area contributed by atoms with E-state index in [1.54, 1.807) is 31.0 Å². The number of nitrogens with zero attached hydrogens (tertiary/aromatic N) is 12. The highest BCUT2D eigenvalue weighted by Crippen LogP contribution is 2.38. The Morgan fingerprint density at radius 3 is 0.719 bits per heavy atom. The first kappa shape index (κ1) is 59.0. The number of benzene rings is 10. The third-order valence-electron chi connectivity index (χ3n) is 16.3. The van der Waals surface area contributed by atoms with Gasteiger partial charge >= 0.3 is 0 Å². The predicted molar refractivity (Wildman–Crippen MR) is 383 cm³/mol. The highest BCUT2D eigenvalue weighted by atomic mass is 15.0. The summed E-state index contributed by atoms with van der Waals surface area (Å²) in [5.74, 6) is 4.39. The monoisotopic (exact) mass is 1230 g/mol. The molecule has 10 aromatic carbocycles. The largest absolute Gasteiger partial charge is 0.261 e. The van der Waals surface area contributed by atoms with Crippen LogP contribution in [0.1, 0.15) is 0 Å². The van der Waals surface area contributed by atoms with E-state index in [1.165, 1.54) is 0 Å². The van der Waals surface area contributed by atoms with Crippen molar-refractivity contribution < 1.29 is 0 Å². The summed E-state index contributed by atoms with van der Waals surface area (Å²) < 4.78 is 0. The molecule has 0 aliphatic rings. The fraction of sp³-hybridized carbons (Fsp3) is 0. The summed E-state index contributed by atoms with van der Waals surface area (Å²) in [5.41, 5.74) is 20.8. The van der Waals surface area contributed by atoms with Crippen molar-refractivity contribution in [2.75, 3.05) is 0 Å². The second-order valence-electron chi connectivity index (χ2n) is 22.6. The first-order valence-electron chi connectivity index (χ1n) is 31.4. The van der Waals surface area contributed by atoms with Crippen LogP contribution >= 0.6 is 0 Å². The third kappa shape index (κ3) is 13.5. The van der Waals surface area contributed by atoms with E-state index in [1.807, 2.05) is 176 Å². The van der Waals surface area contributed by atoms with Gasteiger partial charge in [0.2, 0.25) is 0 Å². The standard InChI is InChI=1S/2C42H28N6/c1-3-10-32(11-4-1)40-46-41(33-12-5-2-6-13-33)48-42(47-40)37-27-35(29-15-19-31(20-16-29)38-14-7-8-23-43-38)26-36(28-37)30-17-21-34(22-18-30)39-44-24-9-25-45-39;1-3-9-33(10-4-1)40-46-41(34-11-5-2-6-12-34)48-42(47-40)37-26-35(29-14-18-31(19-15-29)38-13-7-8-22-44-38)25-36(27-37)30-16-20-32(21-17-30)39-28-43-23-24-45-39/h2*1-28H. The molecule has 16 aromatic rings. The fourth-order valence-electron chi connectivity index (χ4n) is 11.3. The summed E-state index contributed by atoms with van der Waals surface area (Å²) in [4.78, 5) is 56.5. The van der Waals surface area contributed by atoms with Crippen LogP contribution in [-0.2, 0) is 0 Å². The van der Waals surface area contributed by atoms with E-state index in [0.29, 0.717) is 40.8 Å². The molecule has 0 N–H and O–H groups in total. The maximum absolute atomic E-state index is 5.03. The van der Waals surface area contributed by atoms with Crippen LogP contribution in [0, 0.1) is 0 Å². The van der Waals surface area contributed by atoms with Gasteiger partial charge in [-0.05, 0) is 111 Å². The molecular weight excluding hydrogens is 1180 g/mol. The van der Waals surface area contributed by atoms with Crippen LogP contribution in [0.25, 0.3) is 158 Å². The van der Waals surface area contributed by atoms with E-state index in [-0.39, 0.29) is 0 Å². The molecular formula is C84H56N12. The Morgan fingerprint density at radius 1 is 0.146 bits per heavy atom. The average molecular weight is 1230 g/mol. The predicted octanol–water partition coefficient (Wildman–Crippen LogP) is 19.5. The SMILES string of the molecule is c1ccc(-c2nc(-c3ccccc3)nc(-c3cc(-c4ccc(-c5ccccn5)cc4)cc(-c4ccc(-c5cnccn5)cc4)c3)n2)cc1.c1ccc(-c2nc(-c3ccccc3)nc(-c3cc(-c4ccc(-c5ccccn5)cc4)cc(-c4ccc(-c5ncccn5)cc4)c3)n2)cc1. The number of pyridine rings is 2. The van der Waals surface area contributed by atoms with Gasteiger partial charge in [-0.2, -0.15) is 0 Å². The zero-order valence-electron chi connectivity index (χ0n) is 51.7. The highest BCUT2D eigenvalue weighted by molar-refractivity contribution is 5.84. The Hall–Kier alpha value is -13.3. The molecule has 12 nitrogen and oxygen atoms in total. The summed E-state index contributed by atoms with van der Waals surface area (Å²) >= 11 is 0. The van der Waals surface area contributed by atoms with Gasteiger partial charge in [0, 0.05) is 92.8 Å². The van der Waals surface area contributed by atoms with Gasteiger partial charge in [0.05, 0.1) is 23.3 Å². The molecule has 6 aromatic heterocycles. The Labute approximate surface area is 555 Å². The summed E-state index contributed by atoms with van der Waals surface area (Å²) in [7, 11) is 0. The second kappa shape index (κ2) is 27.6. The quantitative estimate of drug-likeness (QED) is 0.102. The van der Waals surface area contributed by atoms with Crippen LogP contribution in [0.15, 0.2) is 341 Å². The Balaban J connectivity index is 0.000000158. The summed E-state index contributed by atoms with van der Waals surface area (Å²) in [6.07, 6.45) is 12.3. The van der Waals surface area contributed by atoms with Crippen LogP contribution in [0.4, 0.5) is 0 Å². The summed E-state index contributed by atoms with van der Waals surface area (Å²) in [6, 6.07) is 101. The van der Waals surface area contributed by atoms with Gasteiger partial charge in [-0.15, -0.1) is 0 Å². The highest BCUT2D eigenvalue weighted by Gasteiger charge is 2.18. The van der Waals surface area contributed by atoms with Gasteiger partial charge in [-0.3, -0.25) is 19.9 Å². The molecule has 12 heteroatoms. The molecule has 16 rings (SSSR count). The van der Waals surface area contributed by atoms with Crippen molar-refractivity contribution >= 4 is 0 Å². The third-order valence-corrected chi connectivity index (χ3v) is 16.3. The van der Waals surface area contributed by atoms with Crippen molar-refractivity contribution in [3.8, 4) is 158 Å². The van der Waals surface area contributed by atoms with E-state index in [0.717, 1.165) is 117 Å².